The summed E-state index contributed by atoms with van der Waals surface area (Å²) in [4.78, 5) is 13.7. The van der Waals surface area contributed by atoms with E-state index in [4.69, 9.17) is 0 Å². The molecule has 1 aromatic rings. The number of hydrogen-bond acceptors (Lipinski definition) is 4. The monoisotopic (exact) mass is 427 g/mol. The van der Waals surface area contributed by atoms with Crippen molar-refractivity contribution < 1.29 is 26.4 Å². The number of alkyl halides is 2. The molecule has 2 fully saturated rings. The van der Waals surface area contributed by atoms with Crippen LogP contribution in [0, 0.1) is 5.82 Å². The number of nitrogens with zero attached hydrogens (tertiary/aromatic N) is 1. The zero-order chi connectivity index (χ0) is 18.9. The number of halogens is 4. The first-order valence-electron chi connectivity index (χ1n) is 8.34. The molecule has 2 saturated heterocycles. The molecule has 0 aromatic heterocycles. The zero-order valence-corrected chi connectivity index (χ0v) is 16.0. The maximum absolute atomic E-state index is 13.2. The summed E-state index contributed by atoms with van der Waals surface area (Å²) in [6.07, 6.45) is 0.257. The minimum Gasteiger partial charge on any atom is -0.341 e. The Morgan fingerprint density at radius 3 is 2.30 bits per heavy atom. The summed E-state index contributed by atoms with van der Waals surface area (Å²) in [5.74, 6) is -3.77. The van der Waals surface area contributed by atoms with Gasteiger partial charge in [-0.3, -0.25) is 10.1 Å². The number of carbonyl (C=O) groups excluding carboxylic acids is 1. The fourth-order valence-electron chi connectivity index (χ4n) is 3.23. The van der Waals surface area contributed by atoms with Crippen molar-refractivity contribution in [3.8, 4) is 0 Å². The standard InChI is InChI=1S/C16H20F3N3O3S.ClH/c17-11-1-3-13(4-2-11)26(24,25)21-12-5-7-22(8-6-12)15(23)14-9-16(18,19)10-20-14;/h1-4,12,14,20-21H,5-10H2;1H. The summed E-state index contributed by atoms with van der Waals surface area (Å²) < 4.78 is 66.5. The first-order valence-corrected chi connectivity index (χ1v) is 9.82. The van der Waals surface area contributed by atoms with Crippen LogP contribution in [0.2, 0.25) is 0 Å². The number of amides is 1. The third-order valence-electron chi connectivity index (χ3n) is 4.66. The predicted octanol–water partition coefficient (Wildman–Crippen LogP) is 1.51. The second-order valence-electron chi connectivity index (χ2n) is 6.67. The van der Waals surface area contributed by atoms with Crippen LogP contribution in [-0.4, -0.2) is 56.9 Å². The summed E-state index contributed by atoms with van der Waals surface area (Å²) in [6, 6.07) is 3.25. The van der Waals surface area contributed by atoms with Gasteiger partial charge in [0.1, 0.15) is 5.82 Å². The Labute approximate surface area is 162 Å². The van der Waals surface area contributed by atoms with E-state index in [1.54, 1.807) is 0 Å². The molecular formula is C16H21ClF3N3O3S. The van der Waals surface area contributed by atoms with Gasteiger partial charge in [-0.15, -0.1) is 12.4 Å². The molecule has 0 radical (unpaired) electrons. The molecule has 3 rings (SSSR count). The van der Waals surface area contributed by atoms with Crippen molar-refractivity contribution >= 4 is 28.3 Å². The summed E-state index contributed by atoms with van der Waals surface area (Å²) in [5, 5.41) is 2.54. The molecule has 0 bridgehead atoms. The smallest absolute Gasteiger partial charge is 0.262 e. The molecular weight excluding hydrogens is 407 g/mol. The third kappa shape index (κ3) is 5.34. The molecule has 1 aromatic carbocycles. The van der Waals surface area contributed by atoms with Gasteiger partial charge >= 0.3 is 0 Å². The van der Waals surface area contributed by atoms with Gasteiger partial charge in [-0.25, -0.2) is 26.3 Å². The Morgan fingerprint density at radius 1 is 1.19 bits per heavy atom. The highest BCUT2D eigenvalue weighted by Crippen LogP contribution is 2.27. The van der Waals surface area contributed by atoms with Crippen molar-refractivity contribution in [3.05, 3.63) is 30.1 Å². The number of rotatable bonds is 4. The molecule has 11 heteroatoms. The number of benzene rings is 1. The molecule has 27 heavy (non-hydrogen) atoms. The number of nitrogens with one attached hydrogen (secondary N) is 2. The molecule has 6 nitrogen and oxygen atoms in total. The molecule has 2 aliphatic heterocycles. The summed E-state index contributed by atoms with van der Waals surface area (Å²) in [7, 11) is -3.78. The number of carbonyl (C=O) groups is 1. The van der Waals surface area contributed by atoms with E-state index in [-0.39, 0.29) is 29.3 Å². The highest BCUT2D eigenvalue weighted by Gasteiger charge is 2.44. The molecule has 152 valence electrons. The van der Waals surface area contributed by atoms with Gasteiger partial charge in [0.15, 0.2) is 0 Å². The van der Waals surface area contributed by atoms with Crippen LogP contribution in [-0.2, 0) is 14.8 Å². The quantitative estimate of drug-likeness (QED) is 0.763. The number of hydrogen-bond donors (Lipinski definition) is 2. The van der Waals surface area contributed by atoms with Crippen molar-refractivity contribution in [2.24, 2.45) is 0 Å². The molecule has 0 saturated carbocycles. The van der Waals surface area contributed by atoms with Crippen LogP contribution in [0.1, 0.15) is 19.3 Å². The third-order valence-corrected chi connectivity index (χ3v) is 6.20. The highest BCUT2D eigenvalue weighted by molar-refractivity contribution is 7.89. The van der Waals surface area contributed by atoms with Gasteiger partial charge < -0.3 is 4.90 Å². The van der Waals surface area contributed by atoms with Gasteiger partial charge in [0.25, 0.3) is 5.92 Å². The van der Waals surface area contributed by atoms with Crippen LogP contribution in [0.3, 0.4) is 0 Å². The van der Waals surface area contributed by atoms with Crippen LogP contribution in [0.5, 0.6) is 0 Å². The number of likely N-dealkylation sites (tertiary alicyclic amines) is 1. The molecule has 2 aliphatic rings. The maximum atomic E-state index is 13.2. The molecule has 1 unspecified atom stereocenters. The molecule has 2 heterocycles. The fraction of sp³-hybridized carbons (Fsp3) is 0.562. The SMILES string of the molecule is Cl.O=C(C1CC(F)(F)CN1)N1CCC(NS(=O)(=O)c2ccc(F)cc2)CC1. The van der Waals surface area contributed by atoms with E-state index in [9.17, 15) is 26.4 Å². The van der Waals surface area contributed by atoms with Gasteiger partial charge in [-0.2, -0.15) is 0 Å². The average Bonchev–Trinajstić information content (AvgIpc) is 2.95. The van der Waals surface area contributed by atoms with Gasteiger partial charge in [0, 0.05) is 25.6 Å². The Balaban J connectivity index is 0.00000261. The van der Waals surface area contributed by atoms with Crippen molar-refractivity contribution in [1.82, 2.24) is 14.9 Å². The summed E-state index contributed by atoms with van der Waals surface area (Å²) in [6.45, 7) is 0.0791. The Hall–Kier alpha value is -1.36. The van der Waals surface area contributed by atoms with Crippen LogP contribution >= 0.6 is 12.4 Å². The largest absolute Gasteiger partial charge is 0.341 e. The predicted molar refractivity (Wildman–Crippen MR) is 94.9 cm³/mol. The van der Waals surface area contributed by atoms with E-state index in [1.807, 2.05) is 0 Å². The van der Waals surface area contributed by atoms with Crippen LogP contribution in [0.4, 0.5) is 13.2 Å². The molecule has 0 spiro atoms. The molecule has 2 N–H and O–H groups in total. The van der Waals surface area contributed by atoms with Crippen molar-refractivity contribution in [1.29, 1.82) is 0 Å². The Bertz CT molecular complexity index is 769. The van der Waals surface area contributed by atoms with Gasteiger partial charge in [-0.1, -0.05) is 0 Å². The van der Waals surface area contributed by atoms with Crippen molar-refractivity contribution in [3.63, 3.8) is 0 Å². The normalized spacial score (nSPS) is 23.1. The maximum Gasteiger partial charge on any atom is 0.262 e. The average molecular weight is 428 g/mol. The lowest BCUT2D eigenvalue weighted by Crippen LogP contribution is -2.50. The fourth-order valence-corrected chi connectivity index (χ4v) is 4.53. The lowest BCUT2D eigenvalue weighted by atomic mass is 10.0. The Kier molecular flexibility index (Phi) is 6.77. The van der Waals surface area contributed by atoms with Crippen molar-refractivity contribution in [2.45, 2.75) is 42.2 Å². The lowest BCUT2D eigenvalue weighted by Gasteiger charge is -2.33. The van der Waals surface area contributed by atoms with Crippen molar-refractivity contribution in [2.75, 3.05) is 19.6 Å². The van der Waals surface area contributed by atoms with E-state index < -0.39 is 40.8 Å². The first kappa shape index (κ1) is 21.9. The van der Waals surface area contributed by atoms with Gasteiger partial charge in [-0.05, 0) is 37.1 Å². The molecule has 1 amide bonds. The highest BCUT2D eigenvalue weighted by atomic mass is 35.5. The summed E-state index contributed by atoms with van der Waals surface area (Å²) >= 11 is 0. The summed E-state index contributed by atoms with van der Waals surface area (Å²) in [5.41, 5.74) is 0. The zero-order valence-electron chi connectivity index (χ0n) is 14.3. The second kappa shape index (κ2) is 8.34. The second-order valence-corrected chi connectivity index (χ2v) is 8.38. The van der Waals surface area contributed by atoms with Gasteiger partial charge in [0.05, 0.1) is 17.5 Å². The number of piperidine rings is 1. The van der Waals surface area contributed by atoms with Crippen LogP contribution in [0.25, 0.3) is 0 Å². The first-order chi connectivity index (χ1) is 12.2. The molecule has 1 atom stereocenters. The van der Waals surface area contributed by atoms with E-state index in [2.05, 4.69) is 10.0 Å². The van der Waals surface area contributed by atoms with Crippen LogP contribution < -0.4 is 10.0 Å². The van der Waals surface area contributed by atoms with Gasteiger partial charge in [0.2, 0.25) is 15.9 Å². The minimum absolute atomic E-state index is 0. The van der Waals surface area contributed by atoms with E-state index >= 15 is 0 Å². The topological polar surface area (TPSA) is 78.5 Å². The lowest BCUT2D eigenvalue weighted by molar-refractivity contribution is -0.134. The van der Waals surface area contributed by atoms with E-state index in [0.29, 0.717) is 25.9 Å². The molecule has 0 aliphatic carbocycles. The Morgan fingerprint density at radius 2 is 1.78 bits per heavy atom. The van der Waals surface area contributed by atoms with Crippen LogP contribution in [0.15, 0.2) is 29.2 Å². The minimum atomic E-state index is -3.78. The number of sulfonamides is 1. The van der Waals surface area contributed by atoms with E-state index in [0.717, 1.165) is 12.1 Å². The van der Waals surface area contributed by atoms with E-state index in [1.165, 1.54) is 17.0 Å².